The molecule has 1 aliphatic rings. The standard InChI is InChI=1S/C18H25N3O2/c1-12-4-5-13(2)16-15(12)14(3)17(23-16)18(22)20-8-11-21-9-6-19-7-10-21/h4-5,19H,6-11H2,1-3H3,(H,20,22). The monoisotopic (exact) mass is 315 g/mol. The van der Waals surface area contributed by atoms with Crippen LogP contribution in [0.15, 0.2) is 16.5 Å². The normalized spacial score (nSPS) is 16.0. The summed E-state index contributed by atoms with van der Waals surface area (Å²) in [6, 6.07) is 4.11. The topological polar surface area (TPSA) is 57.5 Å². The van der Waals surface area contributed by atoms with Gasteiger partial charge in [-0.3, -0.25) is 9.69 Å². The van der Waals surface area contributed by atoms with E-state index in [1.165, 1.54) is 0 Å². The summed E-state index contributed by atoms with van der Waals surface area (Å²) < 4.78 is 5.88. The van der Waals surface area contributed by atoms with Crippen LogP contribution in [0.1, 0.15) is 27.2 Å². The molecule has 1 aromatic heterocycles. The molecule has 1 aliphatic heterocycles. The van der Waals surface area contributed by atoms with Gasteiger partial charge in [0.2, 0.25) is 0 Å². The molecule has 1 fully saturated rings. The van der Waals surface area contributed by atoms with Crippen LogP contribution < -0.4 is 10.6 Å². The lowest BCUT2D eigenvalue weighted by atomic mass is 10.0. The van der Waals surface area contributed by atoms with E-state index in [0.29, 0.717) is 12.3 Å². The quantitative estimate of drug-likeness (QED) is 0.906. The summed E-state index contributed by atoms with van der Waals surface area (Å²) in [6.45, 7) is 11.7. The van der Waals surface area contributed by atoms with Gasteiger partial charge in [-0.05, 0) is 31.9 Å². The highest BCUT2D eigenvalue weighted by Crippen LogP contribution is 2.30. The van der Waals surface area contributed by atoms with Crippen molar-refractivity contribution in [2.75, 3.05) is 39.3 Å². The van der Waals surface area contributed by atoms with E-state index >= 15 is 0 Å². The number of amides is 1. The van der Waals surface area contributed by atoms with Gasteiger partial charge in [0.25, 0.3) is 5.91 Å². The highest BCUT2D eigenvalue weighted by Gasteiger charge is 2.20. The van der Waals surface area contributed by atoms with Crippen molar-refractivity contribution in [3.05, 3.63) is 34.6 Å². The van der Waals surface area contributed by atoms with Crippen LogP contribution in [0.2, 0.25) is 0 Å². The smallest absolute Gasteiger partial charge is 0.287 e. The first-order valence-corrected chi connectivity index (χ1v) is 8.28. The van der Waals surface area contributed by atoms with Crippen LogP contribution >= 0.6 is 0 Å². The first-order valence-electron chi connectivity index (χ1n) is 8.28. The first kappa shape index (κ1) is 16.0. The summed E-state index contributed by atoms with van der Waals surface area (Å²) in [5.74, 6) is 0.324. The van der Waals surface area contributed by atoms with Crippen molar-refractivity contribution in [1.29, 1.82) is 0 Å². The molecule has 1 aromatic carbocycles. The van der Waals surface area contributed by atoms with E-state index in [0.717, 1.165) is 60.4 Å². The molecule has 3 rings (SSSR count). The van der Waals surface area contributed by atoms with Gasteiger partial charge in [0.15, 0.2) is 5.76 Å². The van der Waals surface area contributed by atoms with Gasteiger partial charge in [-0.2, -0.15) is 0 Å². The molecule has 2 heterocycles. The van der Waals surface area contributed by atoms with Crippen LogP contribution in [-0.2, 0) is 0 Å². The van der Waals surface area contributed by atoms with Gasteiger partial charge in [-0.1, -0.05) is 12.1 Å². The second-order valence-electron chi connectivity index (χ2n) is 6.31. The largest absolute Gasteiger partial charge is 0.450 e. The maximum atomic E-state index is 12.5. The van der Waals surface area contributed by atoms with Gasteiger partial charge in [0, 0.05) is 50.2 Å². The van der Waals surface area contributed by atoms with Crippen LogP contribution in [0.5, 0.6) is 0 Å². The molecule has 124 valence electrons. The number of nitrogens with one attached hydrogen (secondary N) is 2. The third-order valence-corrected chi connectivity index (χ3v) is 4.61. The zero-order valence-corrected chi connectivity index (χ0v) is 14.2. The van der Waals surface area contributed by atoms with E-state index < -0.39 is 0 Å². The average molecular weight is 315 g/mol. The number of furan rings is 1. The molecule has 0 bridgehead atoms. The Bertz CT molecular complexity index is 715. The zero-order chi connectivity index (χ0) is 16.4. The number of rotatable bonds is 4. The number of piperazine rings is 1. The molecule has 2 N–H and O–H groups in total. The van der Waals surface area contributed by atoms with E-state index in [1.54, 1.807) is 0 Å². The van der Waals surface area contributed by atoms with Crippen LogP contribution in [-0.4, -0.2) is 50.1 Å². The Hall–Kier alpha value is -1.85. The SMILES string of the molecule is Cc1ccc(C)c2c(C)c(C(=O)NCCN3CCNCC3)oc12. The van der Waals surface area contributed by atoms with E-state index in [1.807, 2.05) is 19.9 Å². The fraction of sp³-hybridized carbons (Fsp3) is 0.500. The number of benzene rings is 1. The van der Waals surface area contributed by atoms with Gasteiger partial charge < -0.3 is 15.1 Å². The molecule has 5 nitrogen and oxygen atoms in total. The Balaban J connectivity index is 1.70. The van der Waals surface area contributed by atoms with Crippen molar-refractivity contribution < 1.29 is 9.21 Å². The number of carbonyl (C=O) groups excluding carboxylic acids is 1. The maximum Gasteiger partial charge on any atom is 0.287 e. The maximum absolute atomic E-state index is 12.5. The molecular formula is C18H25N3O2. The number of fused-ring (bicyclic) bond motifs is 1. The molecular weight excluding hydrogens is 290 g/mol. The van der Waals surface area contributed by atoms with E-state index in [9.17, 15) is 4.79 Å². The second kappa shape index (κ2) is 6.72. The van der Waals surface area contributed by atoms with Gasteiger partial charge in [-0.15, -0.1) is 0 Å². The molecule has 0 unspecified atom stereocenters. The minimum Gasteiger partial charge on any atom is -0.450 e. The molecule has 0 saturated carbocycles. The van der Waals surface area contributed by atoms with Gasteiger partial charge >= 0.3 is 0 Å². The summed E-state index contributed by atoms with van der Waals surface area (Å²) >= 11 is 0. The molecule has 0 spiro atoms. The van der Waals surface area contributed by atoms with Crippen LogP contribution in [0, 0.1) is 20.8 Å². The Morgan fingerprint density at radius 2 is 1.91 bits per heavy atom. The van der Waals surface area contributed by atoms with Gasteiger partial charge in [-0.25, -0.2) is 0 Å². The summed E-state index contributed by atoms with van der Waals surface area (Å²) in [7, 11) is 0. The second-order valence-corrected chi connectivity index (χ2v) is 6.31. The van der Waals surface area contributed by atoms with Crippen molar-refractivity contribution >= 4 is 16.9 Å². The van der Waals surface area contributed by atoms with E-state index in [2.05, 4.69) is 28.5 Å². The molecule has 2 aromatic rings. The lowest BCUT2D eigenvalue weighted by molar-refractivity contribution is 0.0921. The third-order valence-electron chi connectivity index (χ3n) is 4.61. The highest BCUT2D eigenvalue weighted by molar-refractivity contribution is 6.00. The van der Waals surface area contributed by atoms with Crippen molar-refractivity contribution in [3.8, 4) is 0 Å². The van der Waals surface area contributed by atoms with Crippen LogP contribution in [0.4, 0.5) is 0 Å². The summed E-state index contributed by atoms with van der Waals surface area (Å²) in [5.41, 5.74) is 3.97. The fourth-order valence-electron chi connectivity index (χ4n) is 3.23. The zero-order valence-electron chi connectivity index (χ0n) is 14.2. The first-order chi connectivity index (χ1) is 11.1. The molecule has 1 saturated heterocycles. The fourth-order valence-corrected chi connectivity index (χ4v) is 3.23. The van der Waals surface area contributed by atoms with Crippen molar-refractivity contribution in [1.82, 2.24) is 15.5 Å². The van der Waals surface area contributed by atoms with Crippen LogP contribution in [0.25, 0.3) is 11.0 Å². The number of hydrogen-bond acceptors (Lipinski definition) is 4. The molecule has 0 radical (unpaired) electrons. The average Bonchev–Trinajstić information content (AvgIpc) is 2.91. The molecule has 5 heteroatoms. The van der Waals surface area contributed by atoms with Crippen molar-refractivity contribution in [2.45, 2.75) is 20.8 Å². The van der Waals surface area contributed by atoms with Crippen molar-refractivity contribution in [2.24, 2.45) is 0 Å². The Morgan fingerprint density at radius 1 is 1.22 bits per heavy atom. The number of hydrogen-bond donors (Lipinski definition) is 2. The summed E-state index contributed by atoms with van der Waals surface area (Å²) in [6.07, 6.45) is 0. The van der Waals surface area contributed by atoms with E-state index in [4.69, 9.17) is 4.42 Å². The lowest BCUT2D eigenvalue weighted by Crippen LogP contribution is -2.46. The highest BCUT2D eigenvalue weighted by atomic mass is 16.3. The number of nitrogens with zero attached hydrogens (tertiary/aromatic N) is 1. The third kappa shape index (κ3) is 3.26. The number of aryl methyl sites for hydroxylation is 3. The van der Waals surface area contributed by atoms with Crippen molar-refractivity contribution in [3.63, 3.8) is 0 Å². The minimum absolute atomic E-state index is 0.118. The predicted molar refractivity (Wildman–Crippen MR) is 92.1 cm³/mol. The van der Waals surface area contributed by atoms with E-state index in [-0.39, 0.29) is 5.91 Å². The van der Waals surface area contributed by atoms with Gasteiger partial charge in [0.05, 0.1) is 0 Å². The molecule has 1 amide bonds. The molecule has 23 heavy (non-hydrogen) atoms. The lowest BCUT2D eigenvalue weighted by Gasteiger charge is -2.26. The van der Waals surface area contributed by atoms with Crippen LogP contribution in [0.3, 0.4) is 0 Å². The Kier molecular flexibility index (Phi) is 4.68. The van der Waals surface area contributed by atoms with Gasteiger partial charge in [0.1, 0.15) is 5.58 Å². The predicted octanol–water partition coefficient (Wildman–Crippen LogP) is 1.99. The Labute approximate surface area is 137 Å². The minimum atomic E-state index is -0.118. The number of carbonyl (C=O) groups is 1. The Morgan fingerprint density at radius 3 is 2.61 bits per heavy atom. The summed E-state index contributed by atoms with van der Waals surface area (Å²) in [5, 5.41) is 7.39. The molecule has 0 aliphatic carbocycles. The molecule has 0 atom stereocenters. The summed E-state index contributed by atoms with van der Waals surface area (Å²) in [4.78, 5) is 14.8.